The molecule has 3 nitrogen and oxygen atoms in total. The molecule has 1 saturated carbocycles. The topological polar surface area (TPSA) is 48.7 Å². The fourth-order valence-corrected chi connectivity index (χ4v) is 2.67. The first-order chi connectivity index (χ1) is 7.36. The summed E-state index contributed by atoms with van der Waals surface area (Å²) in [5, 5.41) is 12.8. The third kappa shape index (κ3) is 1.25. The molecule has 76 valence electrons. The maximum atomic E-state index is 9.26. The highest BCUT2D eigenvalue weighted by atomic mass is 15.1. The minimum atomic E-state index is 0.127. The number of nitrogens with one attached hydrogen (secondary N) is 1. The standard InChI is InChI=1S/C12H13N3/c13-6-11-10(8-15-12(11)3-4-12)9-2-1-5-14-7-9/h1-2,5,7,10-11,15H,3-4,8H2/t10-,11-/m0/s1. The van der Waals surface area contributed by atoms with Gasteiger partial charge in [0.25, 0.3) is 0 Å². The number of hydrogen-bond acceptors (Lipinski definition) is 3. The Morgan fingerprint density at radius 3 is 3.00 bits per heavy atom. The lowest BCUT2D eigenvalue weighted by atomic mass is 9.86. The van der Waals surface area contributed by atoms with Crippen LogP contribution in [0.15, 0.2) is 24.5 Å². The molecule has 2 fully saturated rings. The molecule has 1 aromatic heterocycles. The summed E-state index contributed by atoms with van der Waals surface area (Å²) >= 11 is 0. The highest BCUT2D eigenvalue weighted by Crippen LogP contribution is 2.51. The second-order valence-electron chi connectivity index (χ2n) is 4.54. The van der Waals surface area contributed by atoms with E-state index in [2.05, 4.69) is 22.4 Å². The van der Waals surface area contributed by atoms with Crippen LogP contribution in [0.25, 0.3) is 0 Å². The summed E-state index contributed by atoms with van der Waals surface area (Å²) in [6.45, 7) is 0.921. The summed E-state index contributed by atoms with van der Waals surface area (Å²) in [6, 6.07) is 6.50. The van der Waals surface area contributed by atoms with Gasteiger partial charge in [-0.05, 0) is 24.5 Å². The van der Waals surface area contributed by atoms with Gasteiger partial charge in [-0.25, -0.2) is 0 Å². The van der Waals surface area contributed by atoms with Crippen LogP contribution >= 0.6 is 0 Å². The van der Waals surface area contributed by atoms with E-state index < -0.39 is 0 Å². The average Bonchev–Trinajstić information content (AvgIpc) is 2.95. The number of nitriles is 1. The van der Waals surface area contributed by atoms with Gasteiger partial charge in [-0.1, -0.05) is 6.07 Å². The molecule has 0 bridgehead atoms. The summed E-state index contributed by atoms with van der Waals surface area (Å²) in [5.74, 6) is 0.452. The van der Waals surface area contributed by atoms with E-state index in [9.17, 15) is 5.26 Å². The van der Waals surface area contributed by atoms with Gasteiger partial charge in [-0.15, -0.1) is 0 Å². The van der Waals surface area contributed by atoms with Gasteiger partial charge in [0.15, 0.2) is 0 Å². The molecule has 15 heavy (non-hydrogen) atoms. The minimum Gasteiger partial charge on any atom is -0.309 e. The van der Waals surface area contributed by atoms with E-state index >= 15 is 0 Å². The maximum Gasteiger partial charge on any atom is 0.0726 e. The quantitative estimate of drug-likeness (QED) is 0.744. The van der Waals surface area contributed by atoms with Crippen LogP contribution in [0.4, 0.5) is 0 Å². The smallest absolute Gasteiger partial charge is 0.0726 e. The molecule has 2 heterocycles. The first-order valence-corrected chi connectivity index (χ1v) is 5.40. The van der Waals surface area contributed by atoms with Crippen molar-refractivity contribution in [2.24, 2.45) is 5.92 Å². The monoisotopic (exact) mass is 199 g/mol. The molecule has 1 N–H and O–H groups in total. The van der Waals surface area contributed by atoms with Crippen LogP contribution in [0.5, 0.6) is 0 Å². The van der Waals surface area contributed by atoms with Crippen LogP contribution in [0.1, 0.15) is 24.3 Å². The normalized spacial score (nSPS) is 31.4. The van der Waals surface area contributed by atoms with Crippen LogP contribution in [0.3, 0.4) is 0 Å². The third-order valence-corrected chi connectivity index (χ3v) is 3.71. The average molecular weight is 199 g/mol. The Balaban J connectivity index is 1.92. The van der Waals surface area contributed by atoms with Crippen molar-refractivity contribution >= 4 is 0 Å². The lowest BCUT2D eigenvalue weighted by Gasteiger charge is -2.15. The van der Waals surface area contributed by atoms with E-state index in [0.717, 1.165) is 19.4 Å². The van der Waals surface area contributed by atoms with E-state index in [1.807, 2.05) is 12.3 Å². The fourth-order valence-electron chi connectivity index (χ4n) is 2.67. The van der Waals surface area contributed by atoms with E-state index in [1.54, 1.807) is 6.20 Å². The molecule has 0 amide bonds. The summed E-state index contributed by atoms with van der Waals surface area (Å²) in [6.07, 6.45) is 5.97. The zero-order valence-corrected chi connectivity index (χ0v) is 8.48. The van der Waals surface area contributed by atoms with Gasteiger partial charge >= 0.3 is 0 Å². The number of rotatable bonds is 1. The molecule has 1 saturated heterocycles. The Hall–Kier alpha value is -1.40. The van der Waals surface area contributed by atoms with Crippen molar-refractivity contribution in [3.8, 4) is 6.07 Å². The predicted octanol–water partition coefficient (Wildman–Crippen LogP) is 1.44. The minimum absolute atomic E-state index is 0.127. The largest absolute Gasteiger partial charge is 0.309 e. The Morgan fingerprint density at radius 1 is 1.53 bits per heavy atom. The van der Waals surface area contributed by atoms with Gasteiger partial charge in [0, 0.05) is 30.4 Å². The van der Waals surface area contributed by atoms with Gasteiger partial charge in [-0.3, -0.25) is 4.98 Å². The zero-order valence-electron chi connectivity index (χ0n) is 8.48. The number of pyridine rings is 1. The van der Waals surface area contributed by atoms with Crippen molar-refractivity contribution in [3.05, 3.63) is 30.1 Å². The molecule has 1 aliphatic carbocycles. The molecule has 3 heteroatoms. The molecular weight excluding hydrogens is 186 g/mol. The second-order valence-corrected chi connectivity index (χ2v) is 4.54. The number of nitrogens with zero attached hydrogens (tertiary/aromatic N) is 2. The maximum absolute atomic E-state index is 9.26. The molecule has 1 aliphatic heterocycles. The highest BCUT2D eigenvalue weighted by molar-refractivity contribution is 5.29. The summed E-state index contributed by atoms with van der Waals surface area (Å²) < 4.78 is 0. The SMILES string of the molecule is N#C[C@H]1[C@H](c2cccnc2)CNC12CC2. The predicted molar refractivity (Wildman–Crippen MR) is 56.0 cm³/mol. The van der Waals surface area contributed by atoms with E-state index in [4.69, 9.17) is 0 Å². The van der Waals surface area contributed by atoms with Crippen molar-refractivity contribution < 1.29 is 0 Å². The Labute approximate surface area is 89.1 Å². The molecule has 2 atom stereocenters. The first-order valence-electron chi connectivity index (χ1n) is 5.40. The van der Waals surface area contributed by atoms with Gasteiger partial charge in [0.2, 0.25) is 0 Å². The molecule has 0 unspecified atom stereocenters. The molecule has 1 spiro atoms. The van der Waals surface area contributed by atoms with E-state index in [1.165, 1.54) is 5.56 Å². The second kappa shape index (κ2) is 3.04. The molecule has 0 aromatic carbocycles. The van der Waals surface area contributed by atoms with Crippen molar-refractivity contribution in [2.75, 3.05) is 6.54 Å². The summed E-state index contributed by atoms with van der Waals surface area (Å²) in [4.78, 5) is 4.13. The van der Waals surface area contributed by atoms with Crippen LogP contribution < -0.4 is 5.32 Å². The summed E-state index contributed by atoms with van der Waals surface area (Å²) in [7, 11) is 0. The Morgan fingerprint density at radius 2 is 2.40 bits per heavy atom. The molecule has 1 aromatic rings. The van der Waals surface area contributed by atoms with Crippen molar-refractivity contribution in [3.63, 3.8) is 0 Å². The molecular formula is C12H13N3. The highest BCUT2D eigenvalue weighted by Gasteiger charge is 2.56. The van der Waals surface area contributed by atoms with Gasteiger partial charge in [-0.2, -0.15) is 5.26 Å². The van der Waals surface area contributed by atoms with Crippen LogP contribution in [-0.4, -0.2) is 17.1 Å². The molecule has 2 aliphatic rings. The summed E-state index contributed by atoms with van der Waals surface area (Å²) in [5.41, 5.74) is 1.34. The van der Waals surface area contributed by atoms with Gasteiger partial charge in [0.05, 0.1) is 12.0 Å². The first kappa shape index (κ1) is 8.87. The Kier molecular flexibility index (Phi) is 1.80. The lowest BCUT2D eigenvalue weighted by molar-refractivity contribution is 0.495. The lowest BCUT2D eigenvalue weighted by Crippen LogP contribution is -2.28. The molecule has 0 radical (unpaired) electrons. The van der Waals surface area contributed by atoms with Crippen molar-refractivity contribution in [1.29, 1.82) is 5.26 Å². The van der Waals surface area contributed by atoms with E-state index in [0.29, 0.717) is 5.92 Å². The van der Waals surface area contributed by atoms with Gasteiger partial charge in [0.1, 0.15) is 0 Å². The fraction of sp³-hybridized carbons (Fsp3) is 0.500. The van der Waals surface area contributed by atoms with Gasteiger partial charge < -0.3 is 5.32 Å². The van der Waals surface area contributed by atoms with Crippen LogP contribution in [0, 0.1) is 17.2 Å². The van der Waals surface area contributed by atoms with Crippen molar-refractivity contribution in [2.45, 2.75) is 24.3 Å². The number of aromatic nitrogens is 1. The zero-order chi connectivity index (χ0) is 10.3. The number of hydrogen-bond donors (Lipinski definition) is 1. The third-order valence-electron chi connectivity index (χ3n) is 3.71. The Bertz CT molecular complexity index is 403. The van der Waals surface area contributed by atoms with E-state index in [-0.39, 0.29) is 11.5 Å². The van der Waals surface area contributed by atoms with Crippen LogP contribution in [-0.2, 0) is 0 Å². The molecule has 3 rings (SSSR count). The van der Waals surface area contributed by atoms with Crippen LogP contribution in [0.2, 0.25) is 0 Å². The van der Waals surface area contributed by atoms with Crippen molar-refractivity contribution in [1.82, 2.24) is 10.3 Å².